The Hall–Kier alpha value is -1.08. The van der Waals surface area contributed by atoms with Crippen LogP contribution in [0.1, 0.15) is 38.3 Å². The van der Waals surface area contributed by atoms with E-state index in [1.807, 2.05) is 0 Å². The van der Waals surface area contributed by atoms with Crippen molar-refractivity contribution >= 4 is 0 Å². The lowest BCUT2D eigenvalue weighted by atomic mass is 10.1. The van der Waals surface area contributed by atoms with E-state index in [1.165, 1.54) is 11.1 Å². The zero-order chi connectivity index (χ0) is 12.7. The minimum atomic E-state index is 0.227. The molecule has 1 aromatic carbocycles. The molecule has 0 atom stereocenters. The highest BCUT2D eigenvalue weighted by Gasteiger charge is 2.05. The summed E-state index contributed by atoms with van der Waals surface area (Å²) < 4.78 is 0. The van der Waals surface area contributed by atoms with Crippen molar-refractivity contribution in [3.05, 3.63) is 47.5 Å². The second-order valence-corrected chi connectivity index (χ2v) is 5.63. The normalized spacial score (nSPS) is 12.2. The third kappa shape index (κ3) is 6.96. The summed E-state index contributed by atoms with van der Waals surface area (Å²) in [5.41, 5.74) is 2.96. The summed E-state index contributed by atoms with van der Waals surface area (Å²) in [4.78, 5) is 0. The molecular formula is C16H25N. The van der Waals surface area contributed by atoms with Gasteiger partial charge in [0.1, 0.15) is 0 Å². The largest absolute Gasteiger partial charge is 0.312 e. The van der Waals surface area contributed by atoms with Crippen LogP contribution in [-0.2, 0) is 6.42 Å². The first-order valence-electron chi connectivity index (χ1n) is 6.43. The zero-order valence-electron chi connectivity index (χ0n) is 11.6. The van der Waals surface area contributed by atoms with Crippen molar-refractivity contribution in [1.82, 2.24) is 5.32 Å². The number of nitrogens with one attached hydrogen (secondary N) is 1. The van der Waals surface area contributed by atoms with E-state index in [2.05, 4.69) is 69.4 Å². The molecule has 17 heavy (non-hydrogen) atoms. The van der Waals surface area contributed by atoms with Crippen LogP contribution >= 0.6 is 0 Å². The molecule has 1 heteroatoms. The molecule has 0 bridgehead atoms. The third-order valence-electron chi connectivity index (χ3n) is 2.57. The van der Waals surface area contributed by atoms with E-state index in [-0.39, 0.29) is 5.54 Å². The van der Waals surface area contributed by atoms with Crippen LogP contribution in [0.3, 0.4) is 0 Å². The molecule has 1 aromatic rings. The summed E-state index contributed by atoms with van der Waals surface area (Å²) >= 11 is 0. The van der Waals surface area contributed by atoms with Gasteiger partial charge >= 0.3 is 0 Å². The molecule has 0 unspecified atom stereocenters. The minimum Gasteiger partial charge on any atom is -0.312 e. The van der Waals surface area contributed by atoms with Crippen LogP contribution in [0.2, 0.25) is 0 Å². The van der Waals surface area contributed by atoms with E-state index in [0.29, 0.717) is 0 Å². The van der Waals surface area contributed by atoms with Crippen LogP contribution in [0.5, 0.6) is 0 Å². The lowest BCUT2D eigenvalue weighted by molar-refractivity contribution is 0.431. The van der Waals surface area contributed by atoms with Crippen LogP contribution in [0.25, 0.3) is 0 Å². The van der Waals surface area contributed by atoms with Gasteiger partial charge in [0.05, 0.1) is 0 Å². The Morgan fingerprint density at radius 2 is 1.94 bits per heavy atom. The highest BCUT2D eigenvalue weighted by atomic mass is 14.9. The van der Waals surface area contributed by atoms with Crippen molar-refractivity contribution in [3.63, 3.8) is 0 Å². The van der Waals surface area contributed by atoms with E-state index < -0.39 is 0 Å². The van der Waals surface area contributed by atoms with E-state index in [4.69, 9.17) is 0 Å². The second kappa shape index (κ2) is 6.61. The highest BCUT2D eigenvalue weighted by Crippen LogP contribution is 2.05. The molecule has 94 valence electrons. The first kappa shape index (κ1) is 14.0. The molecular weight excluding hydrogens is 206 g/mol. The predicted molar refractivity (Wildman–Crippen MR) is 76.4 cm³/mol. The Morgan fingerprint density at radius 3 is 2.59 bits per heavy atom. The lowest BCUT2D eigenvalue weighted by Crippen LogP contribution is -2.36. The van der Waals surface area contributed by atoms with Crippen molar-refractivity contribution in [2.45, 2.75) is 46.1 Å². The fraction of sp³-hybridized carbons (Fsp3) is 0.500. The van der Waals surface area contributed by atoms with Crippen molar-refractivity contribution in [2.75, 3.05) is 6.54 Å². The number of rotatable bonds is 5. The summed E-state index contributed by atoms with van der Waals surface area (Å²) in [5, 5.41) is 3.48. The quantitative estimate of drug-likeness (QED) is 0.599. The SMILES string of the molecule is Cc1cccc(CC=CCCNC(C)(C)C)c1. The zero-order valence-corrected chi connectivity index (χ0v) is 11.6. The molecule has 0 radical (unpaired) electrons. The number of aryl methyl sites for hydroxylation is 1. The third-order valence-corrected chi connectivity index (χ3v) is 2.57. The fourth-order valence-corrected chi connectivity index (χ4v) is 1.71. The Balaban J connectivity index is 2.22. The van der Waals surface area contributed by atoms with Gasteiger partial charge in [0.15, 0.2) is 0 Å². The molecule has 0 spiro atoms. The lowest BCUT2D eigenvalue weighted by Gasteiger charge is -2.19. The standard InChI is InChI=1S/C16H25N/c1-14-9-8-11-15(13-14)10-6-5-7-12-17-16(2,3)4/h5-6,8-9,11,13,17H,7,10,12H2,1-4H3. The molecule has 0 aliphatic heterocycles. The van der Waals surface area contributed by atoms with Crippen molar-refractivity contribution in [3.8, 4) is 0 Å². The monoisotopic (exact) mass is 231 g/mol. The van der Waals surface area contributed by atoms with Crippen molar-refractivity contribution in [2.24, 2.45) is 0 Å². The summed E-state index contributed by atoms with van der Waals surface area (Å²) in [6.45, 7) is 9.78. The van der Waals surface area contributed by atoms with Gasteiger partial charge in [0.25, 0.3) is 0 Å². The number of benzene rings is 1. The first-order valence-corrected chi connectivity index (χ1v) is 6.43. The summed E-state index contributed by atoms with van der Waals surface area (Å²) in [7, 11) is 0. The van der Waals surface area contributed by atoms with Gasteiger partial charge in [0.2, 0.25) is 0 Å². The molecule has 1 N–H and O–H groups in total. The van der Waals surface area contributed by atoms with Gasteiger partial charge in [0, 0.05) is 5.54 Å². The number of hydrogen-bond acceptors (Lipinski definition) is 1. The molecule has 0 heterocycles. The van der Waals surface area contributed by atoms with Gasteiger partial charge in [-0.1, -0.05) is 42.0 Å². The molecule has 0 aromatic heterocycles. The molecule has 0 saturated heterocycles. The van der Waals surface area contributed by atoms with Gasteiger partial charge in [-0.25, -0.2) is 0 Å². The molecule has 0 saturated carbocycles. The van der Waals surface area contributed by atoms with Crippen molar-refractivity contribution < 1.29 is 0 Å². The minimum absolute atomic E-state index is 0.227. The summed E-state index contributed by atoms with van der Waals surface area (Å²) in [6, 6.07) is 8.70. The highest BCUT2D eigenvalue weighted by molar-refractivity contribution is 5.23. The molecule has 0 aliphatic carbocycles. The van der Waals surface area contributed by atoms with E-state index in [1.54, 1.807) is 0 Å². The number of hydrogen-bond donors (Lipinski definition) is 1. The molecule has 0 aliphatic rings. The van der Waals surface area contributed by atoms with Gasteiger partial charge in [-0.15, -0.1) is 0 Å². The van der Waals surface area contributed by atoms with Gasteiger partial charge in [-0.05, 0) is 52.6 Å². The average molecular weight is 231 g/mol. The number of allylic oxidation sites excluding steroid dienone is 1. The maximum absolute atomic E-state index is 3.48. The second-order valence-electron chi connectivity index (χ2n) is 5.63. The maximum atomic E-state index is 3.48. The molecule has 0 amide bonds. The molecule has 1 nitrogen and oxygen atoms in total. The Kier molecular flexibility index (Phi) is 5.43. The van der Waals surface area contributed by atoms with Crippen LogP contribution in [-0.4, -0.2) is 12.1 Å². The molecule has 0 fully saturated rings. The van der Waals surface area contributed by atoms with Crippen LogP contribution in [0, 0.1) is 6.92 Å². The van der Waals surface area contributed by atoms with E-state index in [9.17, 15) is 0 Å². The summed E-state index contributed by atoms with van der Waals surface area (Å²) in [5.74, 6) is 0. The van der Waals surface area contributed by atoms with Crippen LogP contribution in [0.4, 0.5) is 0 Å². The van der Waals surface area contributed by atoms with Gasteiger partial charge in [-0.3, -0.25) is 0 Å². The maximum Gasteiger partial charge on any atom is 0.00966 e. The summed E-state index contributed by atoms with van der Waals surface area (Å²) in [6.07, 6.45) is 6.67. The van der Waals surface area contributed by atoms with Crippen molar-refractivity contribution in [1.29, 1.82) is 0 Å². The van der Waals surface area contributed by atoms with E-state index >= 15 is 0 Å². The Bertz CT molecular complexity index is 358. The van der Waals surface area contributed by atoms with Crippen LogP contribution < -0.4 is 5.32 Å². The predicted octanol–water partition coefficient (Wildman–Crippen LogP) is 3.87. The average Bonchev–Trinajstić information content (AvgIpc) is 2.22. The fourth-order valence-electron chi connectivity index (χ4n) is 1.71. The first-order chi connectivity index (χ1) is 7.97. The Morgan fingerprint density at radius 1 is 1.18 bits per heavy atom. The van der Waals surface area contributed by atoms with E-state index in [0.717, 1.165) is 19.4 Å². The topological polar surface area (TPSA) is 12.0 Å². The smallest absolute Gasteiger partial charge is 0.00966 e. The van der Waals surface area contributed by atoms with Gasteiger partial charge in [-0.2, -0.15) is 0 Å². The Labute approximate surface area is 106 Å². The van der Waals surface area contributed by atoms with Crippen LogP contribution in [0.15, 0.2) is 36.4 Å². The van der Waals surface area contributed by atoms with Gasteiger partial charge < -0.3 is 5.32 Å². The molecule has 1 rings (SSSR count).